The maximum Gasteiger partial charge on any atom is 0.166 e. The predicted octanol–water partition coefficient (Wildman–Crippen LogP) is 2.90. The molecule has 96 valence electrons. The lowest BCUT2D eigenvalue weighted by molar-refractivity contribution is 0.668. The van der Waals surface area contributed by atoms with Crippen LogP contribution >= 0.6 is 27.3 Å². The lowest BCUT2D eigenvalue weighted by Crippen LogP contribution is -2.17. The van der Waals surface area contributed by atoms with Gasteiger partial charge in [-0.3, -0.25) is 4.98 Å². The van der Waals surface area contributed by atoms with E-state index in [9.17, 15) is 0 Å². The molecule has 0 amide bonds. The first-order valence-electron chi connectivity index (χ1n) is 5.94. The second kappa shape index (κ2) is 6.92. The van der Waals surface area contributed by atoms with Gasteiger partial charge in [-0.25, -0.2) is 0 Å². The van der Waals surface area contributed by atoms with E-state index in [1.807, 2.05) is 12.1 Å². The fourth-order valence-electron chi connectivity index (χ4n) is 1.46. The summed E-state index contributed by atoms with van der Waals surface area (Å²) in [7, 11) is 0. The quantitative estimate of drug-likeness (QED) is 0.829. The Labute approximate surface area is 119 Å². The molecule has 0 atom stereocenters. The molecule has 0 aliphatic heterocycles. The van der Waals surface area contributed by atoms with Gasteiger partial charge in [-0.15, -0.1) is 10.2 Å². The fraction of sp³-hybridized carbons (Fsp3) is 0.417. The Bertz CT molecular complexity index is 483. The van der Waals surface area contributed by atoms with E-state index in [1.54, 1.807) is 17.5 Å². The van der Waals surface area contributed by atoms with E-state index in [0.717, 1.165) is 46.1 Å². The van der Waals surface area contributed by atoms with Crippen LogP contribution in [0.1, 0.15) is 18.4 Å². The molecular formula is C12H15BrN4S. The molecule has 0 saturated heterocycles. The van der Waals surface area contributed by atoms with Crippen molar-refractivity contribution in [1.82, 2.24) is 20.5 Å². The SMILES string of the molecule is CCCNCCc1nnc(-c2ccc(Br)cn2)s1. The lowest BCUT2D eigenvalue weighted by Gasteiger charge is -1.98. The Morgan fingerprint density at radius 2 is 2.17 bits per heavy atom. The van der Waals surface area contributed by atoms with Gasteiger partial charge in [-0.05, 0) is 41.0 Å². The third kappa shape index (κ3) is 3.83. The molecular weight excluding hydrogens is 312 g/mol. The van der Waals surface area contributed by atoms with Gasteiger partial charge in [-0.1, -0.05) is 18.3 Å². The molecule has 2 rings (SSSR count). The monoisotopic (exact) mass is 326 g/mol. The largest absolute Gasteiger partial charge is 0.316 e. The molecule has 0 fully saturated rings. The van der Waals surface area contributed by atoms with Crippen LogP contribution < -0.4 is 5.32 Å². The maximum atomic E-state index is 4.32. The average Bonchev–Trinajstić information content (AvgIpc) is 2.84. The van der Waals surface area contributed by atoms with Crippen LogP contribution in [0, 0.1) is 0 Å². The highest BCUT2D eigenvalue weighted by molar-refractivity contribution is 9.10. The van der Waals surface area contributed by atoms with Crippen LogP contribution in [-0.2, 0) is 6.42 Å². The van der Waals surface area contributed by atoms with Crippen LogP contribution in [0.4, 0.5) is 0 Å². The minimum atomic E-state index is 0.878. The zero-order valence-corrected chi connectivity index (χ0v) is 12.6. The van der Waals surface area contributed by atoms with E-state index in [4.69, 9.17) is 0 Å². The molecule has 0 aliphatic carbocycles. The van der Waals surface area contributed by atoms with Crippen molar-refractivity contribution in [3.05, 3.63) is 27.8 Å². The van der Waals surface area contributed by atoms with Crippen molar-refractivity contribution >= 4 is 27.3 Å². The number of nitrogens with one attached hydrogen (secondary N) is 1. The van der Waals surface area contributed by atoms with E-state index in [1.165, 1.54) is 0 Å². The van der Waals surface area contributed by atoms with Gasteiger partial charge in [0.15, 0.2) is 5.01 Å². The summed E-state index contributed by atoms with van der Waals surface area (Å²) in [6.07, 6.45) is 3.86. The first-order valence-corrected chi connectivity index (χ1v) is 7.55. The molecule has 4 nitrogen and oxygen atoms in total. The number of rotatable bonds is 6. The molecule has 0 aromatic carbocycles. The van der Waals surface area contributed by atoms with E-state index in [0.29, 0.717) is 0 Å². The minimum Gasteiger partial charge on any atom is -0.316 e. The maximum absolute atomic E-state index is 4.32. The molecule has 18 heavy (non-hydrogen) atoms. The van der Waals surface area contributed by atoms with E-state index in [-0.39, 0.29) is 0 Å². The lowest BCUT2D eigenvalue weighted by atomic mass is 10.4. The molecule has 0 spiro atoms. The van der Waals surface area contributed by atoms with Crippen molar-refractivity contribution in [2.75, 3.05) is 13.1 Å². The average molecular weight is 327 g/mol. The summed E-state index contributed by atoms with van der Waals surface area (Å²) in [6, 6.07) is 3.91. The Kier molecular flexibility index (Phi) is 5.22. The molecule has 0 aliphatic rings. The number of hydrogen-bond acceptors (Lipinski definition) is 5. The zero-order chi connectivity index (χ0) is 12.8. The van der Waals surface area contributed by atoms with E-state index < -0.39 is 0 Å². The molecule has 1 N–H and O–H groups in total. The van der Waals surface area contributed by atoms with Gasteiger partial charge in [0.1, 0.15) is 10.7 Å². The number of aromatic nitrogens is 3. The van der Waals surface area contributed by atoms with E-state index in [2.05, 4.69) is 43.4 Å². The molecule has 2 aromatic heterocycles. The molecule has 0 bridgehead atoms. The molecule has 0 saturated carbocycles. The van der Waals surface area contributed by atoms with Crippen molar-refractivity contribution in [3.63, 3.8) is 0 Å². The molecule has 0 unspecified atom stereocenters. The Balaban J connectivity index is 1.95. The summed E-state index contributed by atoms with van der Waals surface area (Å²) in [6.45, 7) is 4.17. The topological polar surface area (TPSA) is 50.7 Å². The van der Waals surface area contributed by atoms with Crippen molar-refractivity contribution in [2.24, 2.45) is 0 Å². The third-order valence-corrected chi connectivity index (χ3v) is 3.83. The van der Waals surface area contributed by atoms with Crippen LogP contribution in [-0.4, -0.2) is 28.3 Å². The van der Waals surface area contributed by atoms with Crippen LogP contribution in [0.5, 0.6) is 0 Å². The van der Waals surface area contributed by atoms with Crippen molar-refractivity contribution in [3.8, 4) is 10.7 Å². The van der Waals surface area contributed by atoms with E-state index >= 15 is 0 Å². The normalized spacial score (nSPS) is 10.8. The van der Waals surface area contributed by atoms with Crippen LogP contribution in [0.15, 0.2) is 22.8 Å². The molecule has 2 heterocycles. The van der Waals surface area contributed by atoms with Gasteiger partial charge in [0, 0.05) is 23.6 Å². The molecule has 0 radical (unpaired) electrons. The highest BCUT2D eigenvalue weighted by Crippen LogP contribution is 2.22. The van der Waals surface area contributed by atoms with Crippen LogP contribution in [0.2, 0.25) is 0 Å². The van der Waals surface area contributed by atoms with Gasteiger partial charge >= 0.3 is 0 Å². The minimum absolute atomic E-state index is 0.878. The van der Waals surface area contributed by atoms with Crippen molar-refractivity contribution in [2.45, 2.75) is 19.8 Å². The summed E-state index contributed by atoms with van der Waals surface area (Å²) < 4.78 is 0.972. The number of hydrogen-bond donors (Lipinski definition) is 1. The highest BCUT2D eigenvalue weighted by atomic mass is 79.9. The Morgan fingerprint density at radius 3 is 2.89 bits per heavy atom. The predicted molar refractivity (Wildman–Crippen MR) is 77.7 cm³/mol. The van der Waals surface area contributed by atoms with Gasteiger partial charge < -0.3 is 5.32 Å². The second-order valence-electron chi connectivity index (χ2n) is 3.86. The summed E-state index contributed by atoms with van der Waals surface area (Å²) in [5.41, 5.74) is 0.878. The van der Waals surface area contributed by atoms with Gasteiger partial charge in [0.05, 0.1) is 0 Å². The number of nitrogens with zero attached hydrogens (tertiary/aromatic N) is 3. The fourth-order valence-corrected chi connectivity index (χ4v) is 2.51. The summed E-state index contributed by atoms with van der Waals surface area (Å²) >= 11 is 4.98. The zero-order valence-electron chi connectivity index (χ0n) is 10.2. The number of halogens is 1. The highest BCUT2D eigenvalue weighted by Gasteiger charge is 2.07. The first kappa shape index (κ1) is 13.6. The van der Waals surface area contributed by atoms with Crippen LogP contribution in [0.3, 0.4) is 0 Å². The molecule has 6 heteroatoms. The van der Waals surface area contributed by atoms with Gasteiger partial charge in [-0.2, -0.15) is 0 Å². The third-order valence-electron chi connectivity index (χ3n) is 2.36. The summed E-state index contributed by atoms with van der Waals surface area (Å²) in [5.74, 6) is 0. The van der Waals surface area contributed by atoms with Crippen molar-refractivity contribution in [1.29, 1.82) is 0 Å². The number of pyridine rings is 1. The summed E-state index contributed by atoms with van der Waals surface area (Å²) in [4.78, 5) is 4.32. The van der Waals surface area contributed by atoms with Crippen LogP contribution in [0.25, 0.3) is 10.7 Å². The first-order chi connectivity index (χ1) is 8.79. The summed E-state index contributed by atoms with van der Waals surface area (Å²) in [5, 5.41) is 13.7. The van der Waals surface area contributed by atoms with Crippen molar-refractivity contribution < 1.29 is 0 Å². The second-order valence-corrected chi connectivity index (χ2v) is 5.84. The smallest absolute Gasteiger partial charge is 0.166 e. The van der Waals surface area contributed by atoms with Gasteiger partial charge in [0.25, 0.3) is 0 Å². The Hall–Kier alpha value is -0.850. The molecule has 2 aromatic rings. The Morgan fingerprint density at radius 1 is 1.28 bits per heavy atom. The standard InChI is InChI=1S/C12H15BrN4S/c1-2-6-14-7-5-11-16-17-12(18-11)10-4-3-9(13)8-15-10/h3-4,8,14H,2,5-7H2,1H3. The van der Waals surface area contributed by atoms with Gasteiger partial charge in [0.2, 0.25) is 0 Å².